The van der Waals surface area contributed by atoms with Gasteiger partial charge in [-0.05, 0) is 37.1 Å². The summed E-state index contributed by atoms with van der Waals surface area (Å²) in [6.45, 7) is 12.2. The second-order valence-corrected chi connectivity index (χ2v) is 8.18. The molecule has 0 atom stereocenters. The Hall–Kier alpha value is -3.42. The zero-order chi connectivity index (χ0) is 24.2. The second kappa shape index (κ2) is 13.3. The summed E-state index contributed by atoms with van der Waals surface area (Å²) in [5, 5.41) is 4.38. The number of nitrogens with zero attached hydrogens (tertiary/aromatic N) is 3. The summed E-state index contributed by atoms with van der Waals surface area (Å²) >= 11 is 0. The first kappa shape index (κ1) is 25.2. The molecule has 0 aliphatic carbocycles. The molecule has 1 aliphatic rings. The van der Waals surface area contributed by atoms with Gasteiger partial charge in [-0.25, -0.2) is 0 Å². The summed E-state index contributed by atoms with van der Waals surface area (Å²) in [5.41, 5.74) is 14.3. The molecule has 1 aliphatic heterocycles. The fourth-order valence-corrected chi connectivity index (χ4v) is 3.51. The molecule has 3 rings (SSSR count). The van der Waals surface area contributed by atoms with Crippen LogP contribution in [0.4, 0.5) is 0 Å². The summed E-state index contributed by atoms with van der Waals surface area (Å²) in [4.78, 5) is 6.81. The Morgan fingerprint density at radius 2 is 1.91 bits per heavy atom. The fraction of sp³-hybridized carbons (Fsp3) is 0.333. The zero-order valence-corrected chi connectivity index (χ0v) is 20.2. The highest BCUT2D eigenvalue weighted by molar-refractivity contribution is 5.94. The third kappa shape index (κ3) is 8.50. The number of benzene rings is 2. The van der Waals surface area contributed by atoms with Crippen molar-refractivity contribution in [2.75, 3.05) is 32.9 Å². The smallest absolute Gasteiger partial charge is 0.207 e. The fourth-order valence-electron chi connectivity index (χ4n) is 3.51. The van der Waals surface area contributed by atoms with Crippen LogP contribution in [-0.4, -0.2) is 49.9 Å². The van der Waals surface area contributed by atoms with Gasteiger partial charge in [0, 0.05) is 37.8 Å². The first-order chi connectivity index (χ1) is 16.5. The highest BCUT2D eigenvalue weighted by Crippen LogP contribution is 2.09. The van der Waals surface area contributed by atoms with Gasteiger partial charge in [0.1, 0.15) is 0 Å². The molecule has 1 fully saturated rings. The van der Waals surface area contributed by atoms with Gasteiger partial charge in [-0.2, -0.15) is 10.1 Å². The molecule has 180 valence electrons. The monoisotopic (exact) mass is 461 g/mol. The number of nitrogens with two attached hydrogens (primary N) is 1. The molecule has 2 aromatic carbocycles. The molecule has 7 heteroatoms. The average Bonchev–Trinajstić information content (AvgIpc) is 2.85. The number of allylic oxidation sites excluding steroid dienone is 1. The molecule has 0 unspecified atom stereocenters. The van der Waals surface area contributed by atoms with E-state index in [-0.39, 0.29) is 0 Å². The quantitative estimate of drug-likeness (QED) is 0.244. The third-order valence-electron chi connectivity index (χ3n) is 5.45. The minimum Gasteiger partial charge on any atom is -0.478 e. The number of aryl methyl sites for hydroxylation is 1. The normalized spacial score (nSPS) is 15.0. The van der Waals surface area contributed by atoms with Gasteiger partial charge in [0.2, 0.25) is 5.88 Å². The lowest BCUT2D eigenvalue weighted by Gasteiger charge is -2.29. The minimum absolute atomic E-state index is 0.331. The molecule has 0 saturated carbocycles. The van der Waals surface area contributed by atoms with Crippen LogP contribution in [0.2, 0.25) is 0 Å². The van der Waals surface area contributed by atoms with E-state index in [1.807, 2.05) is 30.3 Å². The lowest BCUT2D eigenvalue weighted by atomic mass is 10.1. The van der Waals surface area contributed by atoms with E-state index in [4.69, 9.17) is 15.2 Å². The van der Waals surface area contributed by atoms with Crippen LogP contribution < -0.4 is 11.2 Å². The number of hydrazone groups is 1. The van der Waals surface area contributed by atoms with Crippen LogP contribution in [-0.2, 0) is 22.4 Å². The van der Waals surface area contributed by atoms with Gasteiger partial charge >= 0.3 is 0 Å². The molecule has 1 heterocycles. The Kier molecular flexibility index (Phi) is 9.88. The van der Waals surface area contributed by atoms with Crippen molar-refractivity contribution in [3.63, 3.8) is 0 Å². The van der Waals surface area contributed by atoms with Crippen molar-refractivity contribution in [3.8, 4) is 0 Å². The molecule has 0 radical (unpaired) electrons. The van der Waals surface area contributed by atoms with Crippen molar-refractivity contribution < 1.29 is 9.47 Å². The Morgan fingerprint density at radius 3 is 2.62 bits per heavy atom. The summed E-state index contributed by atoms with van der Waals surface area (Å²) in [5.74, 6) is 0.892. The van der Waals surface area contributed by atoms with Crippen LogP contribution >= 0.6 is 0 Å². The van der Waals surface area contributed by atoms with Crippen LogP contribution in [0, 0.1) is 6.92 Å². The van der Waals surface area contributed by atoms with Gasteiger partial charge in [-0.1, -0.05) is 54.1 Å². The van der Waals surface area contributed by atoms with Crippen molar-refractivity contribution in [2.24, 2.45) is 15.8 Å². The van der Waals surface area contributed by atoms with Crippen molar-refractivity contribution in [1.82, 2.24) is 10.3 Å². The minimum atomic E-state index is 0.331. The van der Waals surface area contributed by atoms with Crippen molar-refractivity contribution in [1.29, 1.82) is 0 Å². The van der Waals surface area contributed by atoms with E-state index in [0.29, 0.717) is 24.9 Å². The highest BCUT2D eigenvalue weighted by atomic mass is 16.5. The van der Waals surface area contributed by atoms with Gasteiger partial charge in [-0.3, -0.25) is 5.43 Å². The average molecular weight is 462 g/mol. The summed E-state index contributed by atoms with van der Waals surface area (Å²) < 4.78 is 11.2. The van der Waals surface area contributed by atoms with Crippen molar-refractivity contribution >= 4 is 12.1 Å². The van der Waals surface area contributed by atoms with Crippen molar-refractivity contribution in [2.45, 2.75) is 26.8 Å². The number of hydrogen-bond acceptors (Lipinski definition) is 6. The van der Waals surface area contributed by atoms with Crippen LogP contribution in [0.15, 0.2) is 82.9 Å². The standard InChI is InChI=1S/C27H35N5O2/c1-21-5-4-6-26(17-21)20-29-31-27(18-22(2)32-12-15-33-16-13-32)30-23(3)34-14-11-24-7-9-25(19-28)10-8-24/h4-10,17-18,20H,3,11-16,19,28H2,1-2H3,(H,30,31)/b22-18+,29-20+. The number of rotatable bonds is 10. The van der Waals surface area contributed by atoms with Crippen LogP contribution in [0.5, 0.6) is 0 Å². The first-order valence-electron chi connectivity index (χ1n) is 11.6. The molecule has 0 aromatic heterocycles. The zero-order valence-electron chi connectivity index (χ0n) is 20.2. The Bertz CT molecular complexity index is 1020. The topological polar surface area (TPSA) is 84.5 Å². The largest absolute Gasteiger partial charge is 0.478 e. The van der Waals surface area contributed by atoms with E-state index in [1.165, 1.54) is 11.1 Å². The third-order valence-corrected chi connectivity index (χ3v) is 5.45. The number of amidine groups is 1. The van der Waals surface area contributed by atoms with Crippen LogP contribution in [0.3, 0.4) is 0 Å². The van der Waals surface area contributed by atoms with Gasteiger partial charge < -0.3 is 20.1 Å². The molecular formula is C27H35N5O2. The number of ether oxygens (including phenoxy) is 2. The summed E-state index contributed by atoms with van der Waals surface area (Å²) in [6.07, 6.45) is 4.49. The maximum Gasteiger partial charge on any atom is 0.207 e. The van der Waals surface area contributed by atoms with E-state index in [2.05, 4.69) is 65.1 Å². The van der Waals surface area contributed by atoms with Gasteiger partial charge in [-0.15, -0.1) is 0 Å². The number of hydrogen-bond donors (Lipinski definition) is 2. The molecule has 3 N–H and O–H groups in total. The Labute approximate surface area is 202 Å². The highest BCUT2D eigenvalue weighted by Gasteiger charge is 2.11. The lowest BCUT2D eigenvalue weighted by molar-refractivity contribution is 0.0538. The van der Waals surface area contributed by atoms with E-state index in [0.717, 1.165) is 49.5 Å². The predicted octanol–water partition coefficient (Wildman–Crippen LogP) is 3.74. The van der Waals surface area contributed by atoms with Crippen LogP contribution in [0.1, 0.15) is 29.2 Å². The predicted molar refractivity (Wildman–Crippen MR) is 139 cm³/mol. The Morgan fingerprint density at radius 1 is 1.18 bits per heavy atom. The molecule has 0 spiro atoms. The molecule has 7 nitrogen and oxygen atoms in total. The van der Waals surface area contributed by atoms with E-state index < -0.39 is 0 Å². The van der Waals surface area contributed by atoms with E-state index in [9.17, 15) is 0 Å². The summed E-state index contributed by atoms with van der Waals surface area (Å²) in [6, 6.07) is 16.3. The van der Waals surface area contributed by atoms with Crippen molar-refractivity contribution in [3.05, 3.63) is 95.0 Å². The molecular weight excluding hydrogens is 426 g/mol. The molecule has 34 heavy (non-hydrogen) atoms. The Balaban J connectivity index is 1.64. The second-order valence-electron chi connectivity index (χ2n) is 8.18. The number of nitrogens with one attached hydrogen (secondary N) is 1. The van der Waals surface area contributed by atoms with Crippen LogP contribution in [0.25, 0.3) is 0 Å². The summed E-state index contributed by atoms with van der Waals surface area (Å²) in [7, 11) is 0. The number of aliphatic imine (C=N–C) groups is 1. The van der Waals surface area contributed by atoms with Gasteiger partial charge in [0.05, 0.1) is 26.0 Å². The molecule has 0 amide bonds. The molecule has 2 aromatic rings. The maximum absolute atomic E-state index is 5.78. The SMILES string of the molecule is C=C(/N=C(\C=C(/C)N1CCOCC1)N/N=C/c1cccc(C)c1)OCCc1ccc(CN)cc1. The molecule has 1 saturated heterocycles. The first-order valence-corrected chi connectivity index (χ1v) is 11.6. The maximum atomic E-state index is 5.78. The van der Waals surface area contributed by atoms with E-state index >= 15 is 0 Å². The van der Waals surface area contributed by atoms with Gasteiger partial charge in [0.25, 0.3) is 0 Å². The molecule has 0 bridgehead atoms. The lowest BCUT2D eigenvalue weighted by Crippen LogP contribution is -2.35. The van der Waals surface area contributed by atoms with Gasteiger partial charge in [0.15, 0.2) is 5.84 Å². The number of morpholine rings is 1. The van der Waals surface area contributed by atoms with E-state index in [1.54, 1.807) is 6.21 Å².